The molecule has 1 saturated carbocycles. The predicted molar refractivity (Wildman–Crippen MR) is 115 cm³/mol. The van der Waals surface area contributed by atoms with E-state index < -0.39 is 26.9 Å². The number of carbonyl (C=O) groups is 1. The van der Waals surface area contributed by atoms with E-state index in [1.165, 1.54) is 12.1 Å². The minimum atomic E-state index is -3.83. The molecule has 1 unspecified atom stereocenters. The van der Waals surface area contributed by atoms with Gasteiger partial charge in [0.05, 0.1) is 28.3 Å². The Morgan fingerprint density at radius 2 is 2.03 bits per heavy atom. The number of amides is 2. The van der Waals surface area contributed by atoms with Crippen LogP contribution in [0.5, 0.6) is 5.75 Å². The van der Waals surface area contributed by atoms with Crippen LogP contribution in [-0.2, 0) is 16.3 Å². The molecule has 1 atom stereocenters. The van der Waals surface area contributed by atoms with Crippen LogP contribution in [-0.4, -0.2) is 37.9 Å². The maximum Gasteiger partial charge on any atom is 0.319 e. The largest absolute Gasteiger partial charge is 0.504 e. The van der Waals surface area contributed by atoms with Gasteiger partial charge in [-0.3, -0.25) is 0 Å². The number of furan rings is 1. The average Bonchev–Trinajstić information content (AvgIpc) is 3.11. The third kappa shape index (κ3) is 3.48. The van der Waals surface area contributed by atoms with Crippen LogP contribution in [0.4, 0.5) is 10.5 Å². The van der Waals surface area contributed by atoms with Crippen LogP contribution in [0.15, 0.2) is 33.8 Å². The number of rotatable bonds is 4. The van der Waals surface area contributed by atoms with E-state index in [4.69, 9.17) is 16.0 Å². The number of aryl methyl sites for hydroxylation is 1. The highest BCUT2D eigenvalue weighted by molar-refractivity contribution is 7.92. The van der Waals surface area contributed by atoms with Crippen molar-refractivity contribution in [2.24, 2.45) is 5.41 Å². The Kier molecular flexibility index (Phi) is 4.95. The summed E-state index contributed by atoms with van der Waals surface area (Å²) in [6.45, 7) is 1.64. The number of fused-ring (bicyclic) bond motifs is 1. The van der Waals surface area contributed by atoms with Gasteiger partial charge in [-0.25, -0.2) is 13.2 Å². The van der Waals surface area contributed by atoms with Crippen molar-refractivity contribution in [2.45, 2.75) is 48.3 Å². The van der Waals surface area contributed by atoms with Crippen LogP contribution in [0.1, 0.15) is 43.0 Å². The Morgan fingerprint density at radius 1 is 1.26 bits per heavy atom. The fourth-order valence-electron chi connectivity index (χ4n) is 4.92. The van der Waals surface area contributed by atoms with Crippen LogP contribution in [0.25, 0.3) is 0 Å². The molecule has 2 aromatic rings. The summed E-state index contributed by atoms with van der Waals surface area (Å²) in [4.78, 5) is 12.3. The number of sulfone groups is 1. The molecular formula is C21H24ClN3O5S. The SMILES string of the molecule is O=C(Nc1ccc(Cl)c(S(=O)(=O)C2CC3(CNC3)C2)c1O)NC1CCCc2ccoc21. The second-order valence-electron chi connectivity index (χ2n) is 8.80. The molecule has 1 aliphatic heterocycles. The lowest BCUT2D eigenvalue weighted by Crippen LogP contribution is -2.63. The monoisotopic (exact) mass is 465 g/mol. The third-order valence-corrected chi connectivity index (χ3v) is 9.34. The lowest BCUT2D eigenvalue weighted by Gasteiger charge is -2.53. The summed E-state index contributed by atoms with van der Waals surface area (Å²) in [5.74, 6) is 0.201. The molecule has 1 saturated heterocycles. The second kappa shape index (κ2) is 7.43. The maximum atomic E-state index is 13.1. The van der Waals surface area contributed by atoms with E-state index in [9.17, 15) is 18.3 Å². The molecule has 1 spiro atoms. The highest BCUT2D eigenvalue weighted by Gasteiger charge is 2.54. The number of hydrogen-bond acceptors (Lipinski definition) is 6. The van der Waals surface area contributed by atoms with Crippen molar-refractivity contribution in [3.05, 3.63) is 40.8 Å². The summed E-state index contributed by atoms with van der Waals surface area (Å²) >= 11 is 6.17. The zero-order valence-electron chi connectivity index (χ0n) is 16.8. The van der Waals surface area contributed by atoms with Gasteiger partial charge in [0, 0.05) is 13.1 Å². The number of carbonyl (C=O) groups excluding carboxylic acids is 1. The Bertz CT molecular complexity index is 1130. The van der Waals surface area contributed by atoms with Gasteiger partial charge in [-0.15, -0.1) is 0 Å². The van der Waals surface area contributed by atoms with Crippen molar-refractivity contribution in [1.29, 1.82) is 0 Å². The van der Waals surface area contributed by atoms with Gasteiger partial charge in [0.2, 0.25) is 0 Å². The highest BCUT2D eigenvalue weighted by Crippen LogP contribution is 2.51. The Balaban J connectivity index is 1.33. The van der Waals surface area contributed by atoms with E-state index in [0.29, 0.717) is 12.8 Å². The van der Waals surface area contributed by atoms with E-state index in [1.807, 2.05) is 6.07 Å². The highest BCUT2D eigenvalue weighted by atomic mass is 35.5. The quantitative estimate of drug-likeness (QED) is 0.514. The molecule has 8 nitrogen and oxygen atoms in total. The molecule has 2 amide bonds. The molecule has 1 aromatic heterocycles. The summed E-state index contributed by atoms with van der Waals surface area (Å²) in [7, 11) is -3.83. The normalized spacial score (nSPS) is 22.3. The number of hydrogen-bond donors (Lipinski definition) is 4. The predicted octanol–water partition coefficient (Wildman–Crippen LogP) is 3.36. The zero-order chi connectivity index (χ0) is 21.8. The van der Waals surface area contributed by atoms with Crippen LogP contribution >= 0.6 is 11.6 Å². The first-order valence-corrected chi connectivity index (χ1v) is 12.3. The van der Waals surface area contributed by atoms with Crippen LogP contribution in [0, 0.1) is 5.41 Å². The van der Waals surface area contributed by atoms with Gasteiger partial charge in [-0.1, -0.05) is 11.6 Å². The number of benzene rings is 1. The van der Waals surface area contributed by atoms with Crippen molar-refractivity contribution in [1.82, 2.24) is 10.6 Å². The summed E-state index contributed by atoms with van der Waals surface area (Å²) in [5, 5.41) is 18.7. The topological polar surface area (TPSA) is 121 Å². The molecule has 2 aliphatic carbocycles. The summed E-state index contributed by atoms with van der Waals surface area (Å²) in [6, 6.07) is 3.84. The van der Waals surface area contributed by atoms with Gasteiger partial charge in [0.15, 0.2) is 15.6 Å². The first-order valence-electron chi connectivity index (χ1n) is 10.4. The molecule has 1 aromatic carbocycles. The molecular weight excluding hydrogens is 442 g/mol. The Labute approximate surface area is 185 Å². The Morgan fingerprint density at radius 3 is 2.74 bits per heavy atom. The Hall–Kier alpha value is -2.23. The van der Waals surface area contributed by atoms with Crippen LogP contribution < -0.4 is 16.0 Å². The van der Waals surface area contributed by atoms with Gasteiger partial charge in [-0.05, 0) is 61.3 Å². The van der Waals surface area contributed by atoms with Crippen molar-refractivity contribution < 1.29 is 22.7 Å². The zero-order valence-corrected chi connectivity index (χ0v) is 18.4. The van der Waals surface area contributed by atoms with E-state index in [0.717, 1.165) is 43.7 Å². The third-order valence-electron chi connectivity index (χ3n) is 6.72. The van der Waals surface area contributed by atoms with E-state index in [-0.39, 0.29) is 27.1 Å². The minimum absolute atomic E-state index is 0.00435. The standard InChI is InChI=1S/C21H24ClN3O5S/c22-14-4-5-15(24-20(27)25-16-3-1-2-12-6-7-30-18(12)16)17(26)19(14)31(28,29)13-8-21(9-13)10-23-11-21/h4-7,13,16,23,26H,1-3,8-11H2,(H2,24,25,27). The van der Waals surface area contributed by atoms with Gasteiger partial charge in [-0.2, -0.15) is 0 Å². The van der Waals surface area contributed by atoms with Crippen LogP contribution in [0.3, 0.4) is 0 Å². The summed E-state index contributed by atoms with van der Waals surface area (Å²) < 4.78 is 31.8. The number of aromatic hydroxyl groups is 1. The molecule has 0 radical (unpaired) electrons. The number of anilines is 1. The van der Waals surface area contributed by atoms with Gasteiger partial charge >= 0.3 is 6.03 Å². The van der Waals surface area contributed by atoms with Gasteiger partial charge in [0.25, 0.3) is 0 Å². The van der Waals surface area contributed by atoms with E-state index >= 15 is 0 Å². The van der Waals surface area contributed by atoms with E-state index in [1.54, 1.807) is 6.26 Å². The first-order chi connectivity index (χ1) is 14.8. The number of phenolic OH excluding ortho intramolecular Hbond substituents is 1. The number of nitrogens with one attached hydrogen (secondary N) is 3. The lowest BCUT2D eigenvalue weighted by atomic mass is 9.64. The van der Waals surface area contributed by atoms with Gasteiger partial charge < -0.3 is 25.5 Å². The minimum Gasteiger partial charge on any atom is -0.504 e. The average molecular weight is 466 g/mol. The fourth-order valence-corrected chi connectivity index (χ4v) is 7.59. The molecule has 166 valence electrons. The summed E-state index contributed by atoms with van der Waals surface area (Å²) in [6.07, 6.45) is 5.26. The van der Waals surface area contributed by atoms with Crippen molar-refractivity contribution >= 4 is 33.2 Å². The van der Waals surface area contributed by atoms with E-state index in [2.05, 4.69) is 16.0 Å². The maximum absolute atomic E-state index is 13.1. The number of halogens is 1. The molecule has 3 aliphatic rings. The first kappa shape index (κ1) is 20.7. The summed E-state index contributed by atoms with van der Waals surface area (Å²) in [5.41, 5.74) is 1.12. The van der Waals surface area contributed by atoms with Crippen molar-refractivity contribution in [2.75, 3.05) is 18.4 Å². The molecule has 4 N–H and O–H groups in total. The number of phenols is 1. The van der Waals surface area contributed by atoms with Crippen molar-refractivity contribution in [3.8, 4) is 5.75 Å². The molecule has 2 fully saturated rings. The number of urea groups is 1. The molecule has 0 bridgehead atoms. The molecule has 10 heteroatoms. The molecule has 5 rings (SSSR count). The smallest absolute Gasteiger partial charge is 0.319 e. The van der Waals surface area contributed by atoms with Crippen molar-refractivity contribution in [3.63, 3.8) is 0 Å². The molecule has 2 heterocycles. The second-order valence-corrected chi connectivity index (χ2v) is 11.4. The van der Waals surface area contributed by atoms with Gasteiger partial charge in [0.1, 0.15) is 10.7 Å². The lowest BCUT2D eigenvalue weighted by molar-refractivity contribution is 0.0640. The van der Waals surface area contributed by atoms with Crippen LogP contribution in [0.2, 0.25) is 5.02 Å². The fraction of sp³-hybridized carbons (Fsp3) is 0.476. The molecule has 31 heavy (non-hydrogen) atoms.